The minimum absolute atomic E-state index is 1.03. The fraction of sp³-hybridized carbons (Fsp3) is 0.105. The van der Waals surface area contributed by atoms with Crippen LogP contribution in [0.1, 0.15) is 44.5 Å². The summed E-state index contributed by atoms with van der Waals surface area (Å²) in [6, 6.07) is 29.0. The molecule has 0 nitrogen and oxygen atoms in total. The van der Waals surface area contributed by atoms with Crippen LogP contribution in [0.4, 0.5) is 0 Å². The van der Waals surface area contributed by atoms with E-state index in [4.69, 9.17) is 0 Å². The van der Waals surface area contributed by atoms with Crippen LogP contribution in [-0.2, 0) is 25.7 Å². The third-order valence-electron chi connectivity index (χ3n) is 9.65. The molecule has 176 valence electrons. The van der Waals surface area contributed by atoms with Crippen LogP contribution in [0.25, 0.3) is 66.7 Å². The molecule has 0 heterocycles. The monoisotopic (exact) mass is 480 g/mol. The standard InChI is InChI=1S/C38H24/c1-3-21-11-25-15-29-19-37-31-8-10-34-36-18-28-14-24-6-2-4-22(24)12-26(28)16-30(36)20-38(34)32(31)7-9-33(37)35(29)17-27(25)13-23(21)5-1/h1-2,5-18H,3-4,19-20H2. The highest BCUT2D eigenvalue weighted by molar-refractivity contribution is 6.04. The van der Waals surface area contributed by atoms with Crippen molar-refractivity contribution in [2.45, 2.75) is 25.7 Å². The number of hydrogen-bond acceptors (Lipinski definition) is 0. The molecule has 0 radical (unpaired) electrons. The molecular formula is C38H24. The van der Waals surface area contributed by atoms with Crippen LogP contribution in [0, 0.1) is 0 Å². The summed E-state index contributed by atoms with van der Waals surface area (Å²) in [5.74, 6) is 0. The number of allylic oxidation sites excluding steroid dienone is 2. The molecule has 0 aromatic heterocycles. The molecule has 0 bridgehead atoms. The van der Waals surface area contributed by atoms with E-state index in [0.717, 1.165) is 25.7 Å². The third-order valence-corrected chi connectivity index (χ3v) is 9.65. The lowest BCUT2D eigenvalue weighted by atomic mass is 9.93. The molecule has 6 aromatic carbocycles. The predicted octanol–water partition coefficient (Wildman–Crippen LogP) is 9.43. The molecule has 10 rings (SSSR count). The Morgan fingerprint density at radius 1 is 0.395 bits per heavy atom. The zero-order chi connectivity index (χ0) is 24.5. The van der Waals surface area contributed by atoms with Gasteiger partial charge in [-0.1, -0.05) is 72.8 Å². The Kier molecular flexibility index (Phi) is 3.47. The van der Waals surface area contributed by atoms with Crippen molar-refractivity contribution < 1.29 is 0 Å². The van der Waals surface area contributed by atoms with Crippen LogP contribution in [0.15, 0.2) is 84.9 Å². The van der Waals surface area contributed by atoms with Gasteiger partial charge in [-0.3, -0.25) is 0 Å². The first kappa shape index (κ1) is 19.7. The van der Waals surface area contributed by atoms with Crippen LogP contribution in [0.5, 0.6) is 0 Å². The van der Waals surface area contributed by atoms with Crippen LogP contribution >= 0.6 is 0 Å². The van der Waals surface area contributed by atoms with Crippen LogP contribution in [0.2, 0.25) is 0 Å². The molecule has 38 heavy (non-hydrogen) atoms. The van der Waals surface area contributed by atoms with Crippen molar-refractivity contribution in [1.82, 2.24) is 0 Å². The van der Waals surface area contributed by atoms with Crippen molar-refractivity contribution in [3.8, 4) is 22.3 Å². The summed E-state index contributed by atoms with van der Waals surface area (Å²) in [7, 11) is 0. The van der Waals surface area contributed by atoms with Crippen LogP contribution < -0.4 is 0 Å². The van der Waals surface area contributed by atoms with Gasteiger partial charge in [0.05, 0.1) is 0 Å². The molecule has 0 atom stereocenters. The summed E-state index contributed by atoms with van der Waals surface area (Å²) < 4.78 is 0. The SMILES string of the molecule is C1=Cc2cc3cc4c(cc3cc2C1)Cc1c-4ccc2c3c(ccc12)-c1cc2cc4c(cc2cc1C3)CC=C4. The molecule has 0 unspecified atom stereocenters. The van der Waals surface area contributed by atoms with Gasteiger partial charge in [0.2, 0.25) is 0 Å². The molecule has 0 fully saturated rings. The average Bonchev–Trinajstić information content (AvgIpc) is 3.72. The number of hydrogen-bond donors (Lipinski definition) is 0. The van der Waals surface area contributed by atoms with Gasteiger partial charge in [0.15, 0.2) is 0 Å². The zero-order valence-corrected chi connectivity index (χ0v) is 21.1. The van der Waals surface area contributed by atoms with Gasteiger partial charge in [-0.25, -0.2) is 0 Å². The zero-order valence-electron chi connectivity index (χ0n) is 21.1. The second-order valence-corrected chi connectivity index (χ2v) is 11.7. The highest BCUT2D eigenvalue weighted by Gasteiger charge is 2.26. The number of fused-ring (bicyclic) bond motifs is 13. The molecular weight excluding hydrogens is 456 g/mol. The molecule has 4 aliphatic rings. The first-order valence-corrected chi connectivity index (χ1v) is 13.9. The second kappa shape index (κ2) is 6.71. The molecule has 0 spiro atoms. The highest BCUT2D eigenvalue weighted by atomic mass is 14.3. The lowest BCUT2D eigenvalue weighted by Gasteiger charge is -2.11. The van der Waals surface area contributed by atoms with Gasteiger partial charge in [0, 0.05) is 0 Å². The smallest absolute Gasteiger partial charge is 0.000706 e. The average molecular weight is 481 g/mol. The van der Waals surface area contributed by atoms with E-state index in [-0.39, 0.29) is 0 Å². The largest absolute Gasteiger partial charge is 0.0795 e. The Hall–Kier alpha value is -4.42. The molecule has 0 amide bonds. The lowest BCUT2D eigenvalue weighted by molar-refractivity contribution is 1.27. The fourth-order valence-corrected chi connectivity index (χ4v) is 7.80. The number of benzene rings is 6. The quantitative estimate of drug-likeness (QED) is 0.203. The Morgan fingerprint density at radius 2 is 0.842 bits per heavy atom. The van der Waals surface area contributed by atoms with Gasteiger partial charge >= 0.3 is 0 Å². The summed E-state index contributed by atoms with van der Waals surface area (Å²) in [5, 5.41) is 8.36. The van der Waals surface area contributed by atoms with Gasteiger partial charge < -0.3 is 0 Å². The van der Waals surface area contributed by atoms with Crippen LogP contribution in [0.3, 0.4) is 0 Å². The third kappa shape index (κ3) is 2.46. The highest BCUT2D eigenvalue weighted by Crippen LogP contribution is 2.47. The number of rotatable bonds is 0. The van der Waals surface area contributed by atoms with E-state index >= 15 is 0 Å². The van der Waals surface area contributed by atoms with Crippen molar-refractivity contribution in [2.75, 3.05) is 0 Å². The fourth-order valence-electron chi connectivity index (χ4n) is 7.80. The predicted molar refractivity (Wildman–Crippen MR) is 161 cm³/mol. The molecule has 0 saturated carbocycles. The molecule has 0 aliphatic heterocycles. The normalized spacial score (nSPS) is 15.3. The topological polar surface area (TPSA) is 0 Å². The van der Waals surface area contributed by atoms with Crippen molar-refractivity contribution in [1.29, 1.82) is 0 Å². The molecule has 4 aliphatic carbocycles. The van der Waals surface area contributed by atoms with Crippen molar-refractivity contribution in [3.63, 3.8) is 0 Å². The van der Waals surface area contributed by atoms with Gasteiger partial charge in [-0.05, 0) is 149 Å². The summed E-state index contributed by atoms with van der Waals surface area (Å²) in [6.45, 7) is 0. The van der Waals surface area contributed by atoms with E-state index in [1.807, 2.05) is 0 Å². The maximum Gasteiger partial charge on any atom is -0.000706 e. The Bertz CT molecular complexity index is 2010. The minimum Gasteiger partial charge on any atom is -0.0795 e. The first-order valence-electron chi connectivity index (χ1n) is 13.9. The Morgan fingerprint density at radius 3 is 1.34 bits per heavy atom. The van der Waals surface area contributed by atoms with Gasteiger partial charge in [0.1, 0.15) is 0 Å². The van der Waals surface area contributed by atoms with E-state index in [1.165, 1.54) is 99.1 Å². The van der Waals surface area contributed by atoms with E-state index in [9.17, 15) is 0 Å². The molecule has 0 N–H and O–H groups in total. The first-order chi connectivity index (χ1) is 18.8. The van der Waals surface area contributed by atoms with E-state index in [0.29, 0.717) is 0 Å². The maximum atomic E-state index is 2.45. The van der Waals surface area contributed by atoms with Crippen molar-refractivity contribution in [2.24, 2.45) is 0 Å². The van der Waals surface area contributed by atoms with Gasteiger partial charge in [0.25, 0.3) is 0 Å². The van der Waals surface area contributed by atoms with Crippen molar-refractivity contribution in [3.05, 3.63) is 129 Å². The van der Waals surface area contributed by atoms with Gasteiger partial charge in [-0.15, -0.1) is 0 Å². The lowest BCUT2D eigenvalue weighted by Crippen LogP contribution is -1.89. The molecule has 0 heteroatoms. The summed E-state index contributed by atoms with van der Waals surface area (Å²) in [4.78, 5) is 0. The Balaban J connectivity index is 1.13. The second-order valence-electron chi connectivity index (χ2n) is 11.7. The summed E-state index contributed by atoms with van der Waals surface area (Å²) in [6.07, 6.45) is 13.3. The summed E-state index contributed by atoms with van der Waals surface area (Å²) in [5.41, 5.74) is 17.4. The van der Waals surface area contributed by atoms with Gasteiger partial charge in [-0.2, -0.15) is 0 Å². The van der Waals surface area contributed by atoms with Crippen molar-refractivity contribution >= 4 is 44.5 Å². The maximum absolute atomic E-state index is 2.45. The van der Waals surface area contributed by atoms with E-state index < -0.39 is 0 Å². The van der Waals surface area contributed by atoms with E-state index in [1.54, 1.807) is 0 Å². The van der Waals surface area contributed by atoms with E-state index in [2.05, 4.69) is 97.1 Å². The van der Waals surface area contributed by atoms with Crippen LogP contribution in [-0.4, -0.2) is 0 Å². The molecule has 6 aromatic rings. The minimum atomic E-state index is 1.03. The summed E-state index contributed by atoms with van der Waals surface area (Å²) >= 11 is 0. The molecule has 0 saturated heterocycles. The Labute approximate surface area is 221 Å².